The summed E-state index contributed by atoms with van der Waals surface area (Å²) >= 11 is 1.50. The van der Waals surface area contributed by atoms with Crippen molar-refractivity contribution in [2.24, 2.45) is 0 Å². The quantitative estimate of drug-likeness (QED) is 0.756. The standard InChI is InChI=1S/C22H21N3O2S/c1-3-13-24(2)22(27)19-16-28-21(23-19)18-11-14-25(15-12-18)20(26)10-9-17-7-5-4-6-8-17/h1,4-8,16,18H,11-15H2,2H3. The van der Waals surface area contributed by atoms with E-state index >= 15 is 0 Å². The van der Waals surface area contributed by atoms with E-state index in [1.54, 1.807) is 17.3 Å². The van der Waals surface area contributed by atoms with Crippen LogP contribution in [0.1, 0.15) is 39.8 Å². The Morgan fingerprint density at radius 3 is 2.68 bits per heavy atom. The number of thiazole rings is 1. The second kappa shape index (κ2) is 9.21. The van der Waals surface area contributed by atoms with E-state index < -0.39 is 0 Å². The molecule has 2 heterocycles. The summed E-state index contributed by atoms with van der Waals surface area (Å²) in [6.07, 6.45) is 6.90. The van der Waals surface area contributed by atoms with Crippen LogP contribution in [-0.2, 0) is 4.79 Å². The van der Waals surface area contributed by atoms with Gasteiger partial charge in [0.05, 0.1) is 11.6 Å². The first kappa shape index (κ1) is 19.7. The zero-order valence-corrected chi connectivity index (χ0v) is 16.5. The van der Waals surface area contributed by atoms with Gasteiger partial charge in [-0.05, 0) is 25.0 Å². The largest absolute Gasteiger partial charge is 0.332 e. The van der Waals surface area contributed by atoms with Gasteiger partial charge in [0, 0.05) is 42.9 Å². The third kappa shape index (κ3) is 4.79. The van der Waals surface area contributed by atoms with Crippen LogP contribution in [0.2, 0.25) is 0 Å². The monoisotopic (exact) mass is 391 g/mol. The highest BCUT2D eigenvalue weighted by molar-refractivity contribution is 7.09. The lowest BCUT2D eigenvalue weighted by molar-refractivity contribution is -0.126. The van der Waals surface area contributed by atoms with E-state index in [-0.39, 0.29) is 24.3 Å². The van der Waals surface area contributed by atoms with Crippen molar-refractivity contribution in [2.75, 3.05) is 26.7 Å². The second-order valence-corrected chi connectivity index (χ2v) is 7.51. The zero-order valence-electron chi connectivity index (χ0n) is 15.7. The number of benzene rings is 1. The van der Waals surface area contributed by atoms with Crippen LogP contribution in [-0.4, -0.2) is 53.3 Å². The highest BCUT2D eigenvalue weighted by Gasteiger charge is 2.26. The predicted octanol–water partition coefficient (Wildman–Crippen LogP) is 2.61. The molecule has 1 aliphatic rings. The lowest BCUT2D eigenvalue weighted by Gasteiger charge is -2.29. The van der Waals surface area contributed by atoms with Gasteiger partial charge >= 0.3 is 0 Å². The van der Waals surface area contributed by atoms with Gasteiger partial charge in [0.2, 0.25) is 0 Å². The molecule has 0 bridgehead atoms. The van der Waals surface area contributed by atoms with Crippen molar-refractivity contribution in [2.45, 2.75) is 18.8 Å². The minimum absolute atomic E-state index is 0.145. The summed E-state index contributed by atoms with van der Waals surface area (Å²) in [5.74, 6) is 8.05. The van der Waals surface area contributed by atoms with Gasteiger partial charge in [0.1, 0.15) is 5.69 Å². The first-order valence-electron chi connectivity index (χ1n) is 9.09. The van der Waals surface area contributed by atoms with Gasteiger partial charge in [-0.3, -0.25) is 9.59 Å². The van der Waals surface area contributed by atoms with Crippen LogP contribution in [0.5, 0.6) is 0 Å². The van der Waals surface area contributed by atoms with E-state index in [2.05, 4.69) is 22.7 Å². The SMILES string of the molecule is C#CCN(C)C(=O)c1csc(C2CCN(C(=O)C#Cc3ccccc3)CC2)n1. The fourth-order valence-electron chi connectivity index (χ4n) is 3.03. The number of aromatic nitrogens is 1. The fraction of sp³-hybridized carbons (Fsp3) is 0.318. The number of nitrogens with zero attached hydrogens (tertiary/aromatic N) is 3. The van der Waals surface area contributed by atoms with Crippen LogP contribution < -0.4 is 0 Å². The number of carbonyl (C=O) groups is 2. The average Bonchev–Trinajstić information content (AvgIpc) is 3.22. The maximum Gasteiger partial charge on any atom is 0.298 e. The van der Waals surface area contributed by atoms with Crippen molar-refractivity contribution in [3.05, 3.63) is 52.0 Å². The molecule has 0 saturated carbocycles. The van der Waals surface area contributed by atoms with Crippen molar-refractivity contribution in [1.82, 2.24) is 14.8 Å². The fourth-order valence-corrected chi connectivity index (χ4v) is 4.00. The third-order valence-electron chi connectivity index (χ3n) is 4.64. The topological polar surface area (TPSA) is 53.5 Å². The van der Waals surface area contributed by atoms with E-state index in [9.17, 15) is 9.59 Å². The van der Waals surface area contributed by atoms with Crippen molar-refractivity contribution in [1.29, 1.82) is 0 Å². The van der Waals surface area contributed by atoms with E-state index in [4.69, 9.17) is 6.42 Å². The number of rotatable bonds is 3. The molecular formula is C22H21N3O2S. The van der Waals surface area contributed by atoms with Crippen LogP contribution >= 0.6 is 11.3 Å². The molecule has 3 rings (SSSR count). The molecule has 6 heteroatoms. The zero-order chi connectivity index (χ0) is 19.9. The summed E-state index contributed by atoms with van der Waals surface area (Å²) in [7, 11) is 1.67. The van der Waals surface area contributed by atoms with Crippen LogP contribution in [0.15, 0.2) is 35.7 Å². The number of hydrogen-bond donors (Lipinski definition) is 0. The van der Waals surface area contributed by atoms with Gasteiger partial charge in [-0.15, -0.1) is 17.8 Å². The first-order valence-corrected chi connectivity index (χ1v) is 9.96. The highest BCUT2D eigenvalue weighted by atomic mass is 32.1. The van der Waals surface area contributed by atoms with Crippen LogP contribution in [0.25, 0.3) is 0 Å². The lowest BCUT2D eigenvalue weighted by Crippen LogP contribution is -2.37. The minimum atomic E-state index is -0.163. The van der Waals surface area contributed by atoms with Gasteiger partial charge in [-0.25, -0.2) is 4.98 Å². The molecule has 1 aromatic heterocycles. The molecule has 142 valence electrons. The van der Waals surface area contributed by atoms with Crippen LogP contribution in [0.4, 0.5) is 0 Å². The summed E-state index contributed by atoms with van der Waals surface area (Å²) in [6, 6.07) is 9.49. The molecule has 0 spiro atoms. The first-order chi connectivity index (χ1) is 13.6. The predicted molar refractivity (Wildman–Crippen MR) is 110 cm³/mol. The summed E-state index contributed by atoms with van der Waals surface area (Å²) < 4.78 is 0. The number of piperidine rings is 1. The average molecular weight is 391 g/mol. The van der Waals surface area contributed by atoms with E-state index in [0.29, 0.717) is 18.8 Å². The Kier molecular flexibility index (Phi) is 6.47. The molecule has 1 aliphatic heterocycles. The minimum Gasteiger partial charge on any atom is -0.332 e. The van der Waals surface area contributed by atoms with Crippen molar-refractivity contribution < 1.29 is 9.59 Å². The van der Waals surface area contributed by atoms with Crippen molar-refractivity contribution in [3.8, 4) is 24.2 Å². The van der Waals surface area contributed by atoms with Crippen molar-refractivity contribution in [3.63, 3.8) is 0 Å². The Hall–Kier alpha value is -3.09. The Morgan fingerprint density at radius 1 is 1.29 bits per heavy atom. The van der Waals surface area contributed by atoms with E-state index in [0.717, 1.165) is 23.4 Å². The normalized spacial score (nSPS) is 13.9. The van der Waals surface area contributed by atoms with Crippen LogP contribution in [0, 0.1) is 24.2 Å². The molecule has 1 fully saturated rings. The number of likely N-dealkylation sites (tertiary alicyclic amines) is 1. The Morgan fingerprint density at radius 2 is 2.00 bits per heavy atom. The number of carbonyl (C=O) groups excluding carboxylic acids is 2. The van der Waals surface area contributed by atoms with Gasteiger partial charge in [0.15, 0.2) is 0 Å². The maximum atomic E-state index is 12.3. The molecule has 0 radical (unpaired) electrons. The molecule has 1 saturated heterocycles. The highest BCUT2D eigenvalue weighted by Crippen LogP contribution is 2.30. The molecule has 5 nitrogen and oxygen atoms in total. The molecular weight excluding hydrogens is 370 g/mol. The van der Waals surface area contributed by atoms with Gasteiger partial charge in [-0.2, -0.15) is 0 Å². The molecule has 0 atom stereocenters. The summed E-state index contributed by atoms with van der Waals surface area (Å²) in [6.45, 7) is 1.55. The maximum absolute atomic E-state index is 12.3. The molecule has 0 unspecified atom stereocenters. The Labute approximate surface area is 169 Å². The van der Waals surface area contributed by atoms with Crippen LogP contribution in [0.3, 0.4) is 0 Å². The van der Waals surface area contributed by atoms with E-state index in [1.165, 1.54) is 16.2 Å². The molecule has 1 aromatic carbocycles. The third-order valence-corrected chi connectivity index (χ3v) is 5.64. The molecule has 2 aromatic rings. The Balaban J connectivity index is 1.56. The number of amides is 2. The number of terminal acetylenes is 1. The summed E-state index contributed by atoms with van der Waals surface area (Å²) in [4.78, 5) is 32.4. The molecule has 0 aliphatic carbocycles. The molecule has 0 N–H and O–H groups in total. The van der Waals surface area contributed by atoms with Gasteiger partial charge in [-0.1, -0.05) is 30.0 Å². The molecule has 28 heavy (non-hydrogen) atoms. The summed E-state index contributed by atoms with van der Waals surface area (Å²) in [5, 5.41) is 2.73. The lowest BCUT2D eigenvalue weighted by atomic mass is 9.97. The molecule has 2 amide bonds. The number of hydrogen-bond acceptors (Lipinski definition) is 4. The van der Waals surface area contributed by atoms with E-state index in [1.807, 2.05) is 30.3 Å². The van der Waals surface area contributed by atoms with Gasteiger partial charge in [0.25, 0.3) is 11.8 Å². The Bertz CT molecular complexity index is 941. The van der Waals surface area contributed by atoms with Gasteiger partial charge < -0.3 is 9.80 Å². The smallest absolute Gasteiger partial charge is 0.298 e. The second-order valence-electron chi connectivity index (χ2n) is 6.62. The van der Waals surface area contributed by atoms with Crippen molar-refractivity contribution >= 4 is 23.2 Å². The summed E-state index contributed by atoms with van der Waals surface area (Å²) in [5.41, 5.74) is 1.27.